The van der Waals surface area contributed by atoms with Crippen molar-refractivity contribution in [3.05, 3.63) is 51.5 Å². The van der Waals surface area contributed by atoms with E-state index in [1.807, 2.05) is 24.3 Å². The smallest absolute Gasteiger partial charge is 0.454 e. The molecule has 2 aliphatic heterocycles. The number of hydrogen-bond acceptors (Lipinski definition) is 6. The molecule has 2 aromatic rings. The average Bonchev–Trinajstić information content (AvgIpc) is 3.52. The first-order valence-corrected chi connectivity index (χ1v) is 12.7. The van der Waals surface area contributed by atoms with Crippen LogP contribution in [-0.2, 0) is 26.6 Å². The molecule has 8 nitrogen and oxygen atoms in total. The van der Waals surface area contributed by atoms with Crippen LogP contribution in [0.5, 0.6) is 17.2 Å². The molecule has 10 heteroatoms. The topological polar surface area (TPSA) is 89.8 Å². The van der Waals surface area contributed by atoms with Crippen LogP contribution in [-0.4, -0.2) is 36.9 Å². The summed E-state index contributed by atoms with van der Waals surface area (Å²) in [4.78, 5) is 2.16. The summed E-state index contributed by atoms with van der Waals surface area (Å²) < 4.78 is 39.6. The Morgan fingerprint density at radius 2 is 1.91 bits per heavy atom. The van der Waals surface area contributed by atoms with Crippen LogP contribution in [0.4, 0.5) is 0 Å². The van der Waals surface area contributed by atoms with Crippen molar-refractivity contribution in [1.82, 2.24) is 4.90 Å². The zero-order chi connectivity index (χ0) is 22.5. The third kappa shape index (κ3) is 4.03. The van der Waals surface area contributed by atoms with E-state index in [-0.39, 0.29) is 18.6 Å². The van der Waals surface area contributed by atoms with Gasteiger partial charge in [-0.25, -0.2) is 4.57 Å². The first-order valence-electron chi connectivity index (χ1n) is 10.4. The van der Waals surface area contributed by atoms with Crippen LogP contribution in [0.2, 0.25) is 0 Å². The third-order valence-electron chi connectivity index (χ3n) is 6.11. The molecule has 1 atom stereocenters. The van der Waals surface area contributed by atoms with E-state index in [0.29, 0.717) is 36.2 Å². The molecule has 1 aliphatic carbocycles. The first kappa shape index (κ1) is 21.8. The number of phenols is 1. The number of fused-ring (bicyclic) bond motifs is 2. The van der Waals surface area contributed by atoms with Gasteiger partial charge in [-0.15, -0.1) is 0 Å². The molecule has 2 heterocycles. The molecule has 5 rings (SSSR count). The second kappa shape index (κ2) is 8.37. The quantitative estimate of drug-likeness (QED) is 0.522. The number of amidine groups is 1. The Bertz CT molecular complexity index is 1130. The van der Waals surface area contributed by atoms with Gasteiger partial charge in [0.25, 0.3) is 0 Å². The molecule has 2 aromatic carbocycles. The normalized spacial score (nSPS) is 21.2. The summed E-state index contributed by atoms with van der Waals surface area (Å²) in [5, 5.41) is 10.2. The van der Waals surface area contributed by atoms with Gasteiger partial charge in [-0.3, -0.25) is 9.05 Å². The molecule has 1 unspecified atom stereocenters. The van der Waals surface area contributed by atoms with E-state index >= 15 is 0 Å². The van der Waals surface area contributed by atoms with Gasteiger partial charge in [-0.2, -0.15) is 4.76 Å². The Morgan fingerprint density at radius 1 is 1.19 bits per heavy atom. The predicted molar refractivity (Wildman–Crippen MR) is 122 cm³/mol. The molecule has 0 aromatic heterocycles. The predicted octanol–water partition coefficient (Wildman–Crippen LogP) is 5.19. The van der Waals surface area contributed by atoms with Crippen LogP contribution in [0, 0.1) is 5.92 Å². The lowest BCUT2D eigenvalue weighted by Crippen LogP contribution is -2.41. The summed E-state index contributed by atoms with van der Waals surface area (Å²) in [5.41, 5.74) is 3.12. The molecular weight excluding hydrogens is 499 g/mol. The number of benzene rings is 2. The molecule has 1 fully saturated rings. The fourth-order valence-corrected chi connectivity index (χ4v) is 5.61. The fraction of sp³-hybridized carbons (Fsp3) is 0.409. The van der Waals surface area contributed by atoms with Gasteiger partial charge in [0.15, 0.2) is 11.5 Å². The molecule has 0 amide bonds. The second-order valence-corrected chi connectivity index (χ2v) is 10.8. The second-order valence-electron chi connectivity index (χ2n) is 8.12. The number of hydrogen-bond donors (Lipinski definition) is 1. The highest BCUT2D eigenvalue weighted by atomic mass is 79.9. The zero-order valence-electron chi connectivity index (χ0n) is 17.8. The molecule has 0 radical (unpaired) electrons. The zero-order valence-corrected chi connectivity index (χ0v) is 20.3. The monoisotopic (exact) mass is 522 g/mol. The summed E-state index contributed by atoms with van der Waals surface area (Å²) in [7, 11) is -0.967. The maximum Gasteiger partial charge on any atom is 0.454 e. The van der Waals surface area contributed by atoms with Gasteiger partial charge in [0, 0.05) is 31.7 Å². The van der Waals surface area contributed by atoms with E-state index in [1.54, 1.807) is 6.07 Å². The molecule has 3 aliphatic rings. The van der Waals surface area contributed by atoms with E-state index in [9.17, 15) is 9.67 Å². The van der Waals surface area contributed by atoms with Crippen molar-refractivity contribution >= 4 is 29.5 Å². The van der Waals surface area contributed by atoms with Gasteiger partial charge >= 0.3 is 7.75 Å². The lowest BCUT2D eigenvalue weighted by atomic mass is 9.88. The minimum absolute atomic E-state index is 0.0101. The van der Waals surface area contributed by atoms with E-state index < -0.39 is 7.75 Å². The van der Waals surface area contributed by atoms with Crippen LogP contribution < -0.4 is 9.47 Å². The van der Waals surface area contributed by atoms with Gasteiger partial charge in [0.2, 0.25) is 6.79 Å². The van der Waals surface area contributed by atoms with Crippen LogP contribution >= 0.6 is 23.7 Å². The van der Waals surface area contributed by atoms with Crippen molar-refractivity contribution in [3.8, 4) is 17.2 Å². The number of halogens is 1. The van der Waals surface area contributed by atoms with E-state index in [4.69, 9.17) is 18.5 Å². The summed E-state index contributed by atoms with van der Waals surface area (Å²) in [6.45, 7) is 0.698. The van der Waals surface area contributed by atoms with Gasteiger partial charge in [0.05, 0.1) is 6.04 Å². The lowest BCUT2D eigenvalue weighted by Gasteiger charge is -2.40. The van der Waals surface area contributed by atoms with Crippen molar-refractivity contribution in [3.63, 3.8) is 0 Å². The van der Waals surface area contributed by atoms with E-state index in [2.05, 4.69) is 25.6 Å². The van der Waals surface area contributed by atoms with Gasteiger partial charge in [0.1, 0.15) is 11.6 Å². The Labute approximate surface area is 194 Å². The molecule has 0 bridgehead atoms. The number of nitrogens with zero attached hydrogens (tertiary/aromatic N) is 2. The van der Waals surface area contributed by atoms with Gasteiger partial charge < -0.3 is 19.5 Å². The molecule has 0 saturated heterocycles. The van der Waals surface area contributed by atoms with Crippen LogP contribution in [0.25, 0.3) is 0 Å². The van der Waals surface area contributed by atoms with E-state index in [0.717, 1.165) is 34.0 Å². The highest BCUT2D eigenvalue weighted by Crippen LogP contribution is 2.53. The van der Waals surface area contributed by atoms with E-state index in [1.165, 1.54) is 14.2 Å². The molecule has 32 heavy (non-hydrogen) atoms. The van der Waals surface area contributed by atoms with Crippen LogP contribution in [0.1, 0.15) is 35.6 Å². The molecule has 0 spiro atoms. The minimum Gasteiger partial charge on any atom is -0.508 e. The summed E-state index contributed by atoms with van der Waals surface area (Å²) >= 11 is 3.66. The van der Waals surface area contributed by atoms with Crippen molar-refractivity contribution in [2.24, 2.45) is 10.7 Å². The van der Waals surface area contributed by atoms with Crippen LogP contribution in [0.3, 0.4) is 0 Å². The van der Waals surface area contributed by atoms with Crippen molar-refractivity contribution in [2.45, 2.75) is 31.8 Å². The van der Waals surface area contributed by atoms with Crippen molar-refractivity contribution in [2.75, 3.05) is 21.0 Å². The fourth-order valence-electron chi connectivity index (χ4n) is 4.38. The van der Waals surface area contributed by atoms with Crippen molar-refractivity contribution in [1.29, 1.82) is 0 Å². The number of aromatic hydroxyl groups is 1. The summed E-state index contributed by atoms with van der Waals surface area (Å²) in [6.07, 6.45) is 2.62. The molecule has 1 saturated carbocycles. The highest BCUT2D eigenvalue weighted by Gasteiger charge is 2.43. The summed E-state index contributed by atoms with van der Waals surface area (Å²) in [6, 6.07) is 9.27. The molecule has 1 N–H and O–H groups in total. The number of phenolic OH excluding ortho intramolecular Hbond substituents is 1. The lowest BCUT2D eigenvalue weighted by molar-refractivity contribution is 0.174. The largest absolute Gasteiger partial charge is 0.508 e. The minimum atomic E-state index is -3.63. The Hall–Kier alpha value is -2.06. The Kier molecular flexibility index (Phi) is 5.70. The maximum absolute atomic E-state index is 13.0. The van der Waals surface area contributed by atoms with Gasteiger partial charge in [-0.1, -0.05) is 22.0 Å². The Morgan fingerprint density at radius 3 is 2.59 bits per heavy atom. The summed E-state index contributed by atoms with van der Waals surface area (Å²) in [5.74, 6) is 2.68. The Balaban J connectivity index is 1.62. The van der Waals surface area contributed by atoms with Crippen molar-refractivity contribution < 1.29 is 28.2 Å². The standard InChI is InChI=1S/C22H24BrN2O6P/c1-28-32(27,29-2)24-21-8-14-5-6-16(26)9-17(14)22(13-3-4-13)25(21)11-15-7-19-20(10-18(15)23)31-12-30-19/h5-7,9-10,13,22,26H,3-4,8,11-12H2,1-2H3/b24-21-. The maximum atomic E-state index is 13.0. The number of rotatable bonds is 6. The van der Waals surface area contributed by atoms with Gasteiger partial charge in [-0.05, 0) is 59.7 Å². The highest BCUT2D eigenvalue weighted by molar-refractivity contribution is 9.10. The van der Waals surface area contributed by atoms with Crippen LogP contribution in [0.15, 0.2) is 39.6 Å². The SMILES string of the molecule is COP(=O)(/N=C1/Cc2ccc(O)cc2C(C2CC2)N1Cc1cc2c(cc1Br)OCO2)OC. The molecular formula is C22H24BrN2O6P. The number of ether oxygens (including phenoxy) is 2. The average molecular weight is 523 g/mol. The molecule has 170 valence electrons. The third-order valence-corrected chi connectivity index (χ3v) is 8.25. The first-order chi connectivity index (χ1) is 15.4.